The first-order chi connectivity index (χ1) is 28.5. The Morgan fingerprint density at radius 3 is 1.86 bits per heavy atom. The SMILES string of the molecule is CCC(C)CC(CC(C)(CC(C)(C)C(=O)OCc1ccccc1)C(=O)OCc1ccc(-c2ccccc2)cc1)(c1ccccc1)c1cccc(COC2CCCCO2)c1. The van der Waals surface area contributed by atoms with Crippen LogP contribution in [0.5, 0.6) is 0 Å². The predicted octanol–water partition coefficient (Wildman–Crippen LogP) is 12.4. The second-order valence-electron chi connectivity index (χ2n) is 17.5. The number of rotatable bonds is 19. The maximum absolute atomic E-state index is 15.0. The molecule has 1 heterocycles. The molecule has 6 heteroatoms. The van der Waals surface area contributed by atoms with Crippen molar-refractivity contribution < 1.29 is 28.5 Å². The minimum atomic E-state index is -1.12. The summed E-state index contributed by atoms with van der Waals surface area (Å²) in [7, 11) is 0. The van der Waals surface area contributed by atoms with Gasteiger partial charge in [-0.15, -0.1) is 0 Å². The van der Waals surface area contributed by atoms with Crippen molar-refractivity contribution in [3.05, 3.63) is 167 Å². The highest BCUT2D eigenvalue weighted by atomic mass is 16.7. The van der Waals surface area contributed by atoms with Crippen LogP contribution in [0.4, 0.5) is 0 Å². The first-order valence-electron chi connectivity index (χ1n) is 21.4. The van der Waals surface area contributed by atoms with Gasteiger partial charge in [-0.1, -0.05) is 160 Å². The molecule has 6 rings (SSSR count). The lowest BCUT2D eigenvalue weighted by Crippen LogP contribution is -2.45. The summed E-state index contributed by atoms with van der Waals surface area (Å²) in [5.74, 6) is -0.377. The normalized spacial score (nSPS) is 16.9. The molecule has 5 aromatic carbocycles. The highest BCUT2D eigenvalue weighted by molar-refractivity contribution is 5.81. The molecule has 1 saturated heterocycles. The standard InChI is InChI=1S/C53H62O6/c1-6-40(2)34-53(46-24-14-9-15-25-46,47-26-18-21-43(33-47)37-57-48-27-16-17-32-56-48)39-52(5,38-51(3,4)49(54)58-35-41-19-10-7-11-20-41)50(55)59-36-42-28-30-45(31-29-42)44-22-12-8-13-23-44/h7-15,18-26,28-31,33,40,48H,6,16-17,27,32,34-39H2,1-5H3. The zero-order valence-corrected chi connectivity index (χ0v) is 35.7. The molecule has 1 aliphatic rings. The Balaban J connectivity index is 1.36. The molecule has 6 nitrogen and oxygen atoms in total. The average Bonchev–Trinajstić information content (AvgIpc) is 3.27. The molecule has 0 spiro atoms. The van der Waals surface area contributed by atoms with Gasteiger partial charge < -0.3 is 18.9 Å². The van der Waals surface area contributed by atoms with E-state index in [-0.39, 0.29) is 37.9 Å². The van der Waals surface area contributed by atoms with Crippen molar-refractivity contribution in [2.45, 2.75) is 111 Å². The maximum atomic E-state index is 15.0. The van der Waals surface area contributed by atoms with Crippen LogP contribution in [0.3, 0.4) is 0 Å². The van der Waals surface area contributed by atoms with Crippen LogP contribution < -0.4 is 0 Å². The third-order valence-electron chi connectivity index (χ3n) is 12.0. The highest BCUT2D eigenvalue weighted by Gasteiger charge is 2.50. The summed E-state index contributed by atoms with van der Waals surface area (Å²) in [4.78, 5) is 29.1. The van der Waals surface area contributed by atoms with E-state index in [2.05, 4.69) is 86.6 Å². The van der Waals surface area contributed by atoms with Gasteiger partial charge in [0, 0.05) is 12.0 Å². The highest BCUT2D eigenvalue weighted by Crippen LogP contribution is 2.51. The van der Waals surface area contributed by atoms with Crippen LogP contribution in [0, 0.1) is 16.7 Å². The summed E-state index contributed by atoms with van der Waals surface area (Å²) in [6.45, 7) is 11.7. The third-order valence-corrected chi connectivity index (χ3v) is 12.0. The van der Waals surface area contributed by atoms with E-state index in [1.807, 2.05) is 87.5 Å². The third kappa shape index (κ3) is 11.6. The van der Waals surface area contributed by atoms with Gasteiger partial charge in [0.05, 0.1) is 17.4 Å². The lowest BCUT2D eigenvalue weighted by molar-refractivity contribution is -0.169. The fraction of sp³-hybridized carbons (Fsp3) is 0.396. The summed E-state index contributed by atoms with van der Waals surface area (Å²) in [5, 5.41) is 0. The molecule has 1 aliphatic heterocycles. The molecule has 0 saturated carbocycles. The predicted molar refractivity (Wildman–Crippen MR) is 235 cm³/mol. The van der Waals surface area contributed by atoms with E-state index in [4.69, 9.17) is 18.9 Å². The van der Waals surface area contributed by atoms with Crippen LogP contribution in [0.1, 0.15) is 107 Å². The molecular weight excluding hydrogens is 733 g/mol. The lowest BCUT2D eigenvalue weighted by Gasteiger charge is -2.45. The average molecular weight is 795 g/mol. The Bertz CT molecular complexity index is 2060. The van der Waals surface area contributed by atoms with E-state index in [0.29, 0.717) is 18.9 Å². The van der Waals surface area contributed by atoms with E-state index < -0.39 is 16.2 Å². The molecule has 59 heavy (non-hydrogen) atoms. The van der Waals surface area contributed by atoms with E-state index in [9.17, 15) is 4.79 Å². The topological polar surface area (TPSA) is 71.1 Å². The first kappa shape index (κ1) is 43.5. The molecule has 0 aromatic heterocycles. The van der Waals surface area contributed by atoms with Crippen LogP contribution in [0.15, 0.2) is 140 Å². The van der Waals surface area contributed by atoms with Crippen molar-refractivity contribution in [2.75, 3.05) is 6.61 Å². The summed E-state index contributed by atoms with van der Waals surface area (Å²) in [5.41, 5.74) is 4.54. The monoisotopic (exact) mass is 794 g/mol. The van der Waals surface area contributed by atoms with Crippen molar-refractivity contribution in [1.82, 2.24) is 0 Å². The number of esters is 2. The van der Waals surface area contributed by atoms with Crippen molar-refractivity contribution in [1.29, 1.82) is 0 Å². The van der Waals surface area contributed by atoms with Gasteiger partial charge in [0.1, 0.15) is 13.2 Å². The van der Waals surface area contributed by atoms with Gasteiger partial charge in [0.15, 0.2) is 6.29 Å². The number of carbonyl (C=O) groups is 2. The summed E-state index contributed by atoms with van der Waals surface area (Å²) < 4.78 is 24.5. The molecule has 4 atom stereocenters. The van der Waals surface area contributed by atoms with Gasteiger partial charge in [-0.25, -0.2) is 0 Å². The van der Waals surface area contributed by atoms with Gasteiger partial charge in [0.25, 0.3) is 0 Å². The largest absolute Gasteiger partial charge is 0.460 e. The molecule has 310 valence electrons. The number of carbonyl (C=O) groups excluding carboxylic acids is 2. The molecule has 0 aliphatic carbocycles. The summed E-state index contributed by atoms with van der Waals surface area (Å²) in [6.07, 6.45) is 5.22. The first-order valence-corrected chi connectivity index (χ1v) is 21.4. The van der Waals surface area contributed by atoms with Crippen molar-refractivity contribution >= 4 is 11.9 Å². The minimum absolute atomic E-state index is 0.113. The fourth-order valence-electron chi connectivity index (χ4n) is 8.75. The van der Waals surface area contributed by atoms with Gasteiger partial charge in [-0.05, 0) is 104 Å². The molecule has 5 aromatic rings. The van der Waals surface area contributed by atoms with Gasteiger partial charge in [-0.2, -0.15) is 0 Å². The van der Waals surface area contributed by atoms with Crippen molar-refractivity contribution in [3.8, 4) is 11.1 Å². The number of benzene rings is 5. The number of hydrogen-bond donors (Lipinski definition) is 0. The molecular formula is C53H62O6. The van der Waals surface area contributed by atoms with E-state index in [1.54, 1.807) is 0 Å². The van der Waals surface area contributed by atoms with Gasteiger partial charge >= 0.3 is 11.9 Å². The molecule has 4 unspecified atom stereocenters. The Labute approximate surface area is 352 Å². The van der Waals surface area contributed by atoms with Gasteiger partial charge in [0.2, 0.25) is 0 Å². The quantitative estimate of drug-likeness (QED) is 0.0775. The number of hydrogen-bond acceptors (Lipinski definition) is 6. The van der Waals surface area contributed by atoms with Crippen molar-refractivity contribution in [3.63, 3.8) is 0 Å². The number of ether oxygens (including phenoxy) is 4. The Morgan fingerprint density at radius 1 is 0.644 bits per heavy atom. The Kier molecular flexibility index (Phi) is 15.0. The second kappa shape index (κ2) is 20.3. The lowest BCUT2D eigenvalue weighted by atomic mass is 9.58. The smallest absolute Gasteiger partial charge is 0.312 e. The zero-order chi connectivity index (χ0) is 41.7. The van der Waals surface area contributed by atoms with Crippen LogP contribution in [0.2, 0.25) is 0 Å². The van der Waals surface area contributed by atoms with Crippen molar-refractivity contribution in [2.24, 2.45) is 16.7 Å². The Morgan fingerprint density at radius 2 is 1.22 bits per heavy atom. The second-order valence-corrected chi connectivity index (χ2v) is 17.5. The molecule has 0 amide bonds. The minimum Gasteiger partial charge on any atom is -0.460 e. The zero-order valence-electron chi connectivity index (χ0n) is 35.7. The van der Waals surface area contributed by atoms with E-state index in [1.165, 1.54) is 0 Å². The molecule has 0 bridgehead atoms. The fourth-order valence-corrected chi connectivity index (χ4v) is 8.75. The van der Waals surface area contributed by atoms with Crippen LogP contribution in [-0.4, -0.2) is 24.8 Å². The van der Waals surface area contributed by atoms with Crippen LogP contribution in [0.25, 0.3) is 11.1 Å². The van der Waals surface area contributed by atoms with Crippen LogP contribution in [-0.2, 0) is 53.8 Å². The summed E-state index contributed by atoms with van der Waals surface area (Å²) in [6, 6.07) is 47.3. The van der Waals surface area contributed by atoms with E-state index in [0.717, 1.165) is 77.7 Å². The van der Waals surface area contributed by atoms with Crippen LogP contribution >= 0.6 is 0 Å². The molecule has 1 fully saturated rings. The molecule has 0 radical (unpaired) electrons. The maximum Gasteiger partial charge on any atom is 0.312 e. The van der Waals surface area contributed by atoms with Gasteiger partial charge in [-0.3, -0.25) is 9.59 Å². The van der Waals surface area contributed by atoms with E-state index >= 15 is 4.79 Å². The Hall–Kier alpha value is -5.04. The summed E-state index contributed by atoms with van der Waals surface area (Å²) >= 11 is 0. The molecule has 0 N–H and O–H groups in total.